The molecular formula is C13H28Ru. The monoisotopic (exact) mass is 286 g/mol. The second-order valence-corrected chi connectivity index (χ2v) is 3.54. The van der Waals surface area contributed by atoms with E-state index in [0.717, 1.165) is 0 Å². The van der Waals surface area contributed by atoms with Gasteiger partial charge in [-0.05, 0) is 0 Å². The molecule has 14 heavy (non-hydrogen) atoms. The maximum absolute atomic E-state index is 3.25. The van der Waals surface area contributed by atoms with Gasteiger partial charge < -0.3 is 14.4 Å². The normalized spacial score (nSPS) is 17.6. The molecule has 2 rings (SSSR count). The van der Waals surface area contributed by atoms with Crippen LogP contribution in [0.4, 0.5) is 0 Å². The average Bonchev–Trinajstić information content (AvgIpc) is 2.87. The summed E-state index contributed by atoms with van der Waals surface area (Å²) in [4.78, 5) is 0. The quantitative estimate of drug-likeness (QED) is 0.424. The number of hydrogen-bond acceptors (Lipinski definition) is 0. The number of hydrogen-bond donors (Lipinski definition) is 0. The molecule has 0 saturated heterocycles. The minimum absolute atomic E-state index is 0. The predicted molar refractivity (Wildman–Crippen MR) is 63.6 cm³/mol. The summed E-state index contributed by atoms with van der Waals surface area (Å²) < 4.78 is 0. The van der Waals surface area contributed by atoms with Crippen molar-refractivity contribution in [2.75, 3.05) is 0 Å². The van der Waals surface area contributed by atoms with Crippen LogP contribution in [-0.4, -0.2) is 0 Å². The summed E-state index contributed by atoms with van der Waals surface area (Å²) in [5.74, 6) is 0. The van der Waals surface area contributed by atoms with Gasteiger partial charge in [0.05, 0.1) is 0 Å². The summed E-state index contributed by atoms with van der Waals surface area (Å²) in [5.41, 5.74) is 0. The zero-order chi connectivity index (χ0) is 9.07. The molecule has 2 saturated carbocycles. The summed E-state index contributed by atoms with van der Waals surface area (Å²) in [6.07, 6.45) is 15.0. The molecule has 88 valence electrons. The fraction of sp³-hybridized carbons (Fsp3) is 0.846. The molecule has 0 spiro atoms. The second-order valence-electron chi connectivity index (χ2n) is 3.54. The molecule has 0 unspecified atom stereocenters. The van der Waals surface area contributed by atoms with Crippen molar-refractivity contribution >= 4 is 0 Å². The van der Waals surface area contributed by atoms with Crippen molar-refractivity contribution in [1.29, 1.82) is 0 Å². The van der Waals surface area contributed by atoms with Crippen molar-refractivity contribution < 1.29 is 19.5 Å². The molecule has 0 nitrogen and oxygen atoms in total. The molecule has 0 N–H and O–H groups in total. The Morgan fingerprint density at radius 3 is 0.643 bits per heavy atom. The average molecular weight is 285 g/mol. The molecule has 0 bridgehead atoms. The van der Waals surface area contributed by atoms with Crippen LogP contribution in [0.3, 0.4) is 0 Å². The third-order valence-corrected chi connectivity index (χ3v) is 2.50. The van der Waals surface area contributed by atoms with E-state index >= 15 is 0 Å². The molecule has 0 aliphatic heterocycles. The molecule has 2 fully saturated rings. The van der Waals surface area contributed by atoms with Gasteiger partial charge in [0, 0.05) is 0 Å². The van der Waals surface area contributed by atoms with Gasteiger partial charge in [-0.15, -0.1) is 0 Å². The summed E-state index contributed by atoms with van der Waals surface area (Å²) in [6.45, 7) is 5.00. The Balaban J connectivity index is -0.000000131. The summed E-state index contributed by atoms with van der Waals surface area (Å²) in [7, 11) is 0. The van der Waals surface area contributed by atoms with Crippen LogP contribution in [0.2, 0.25) is 0 Å². The van der Waals surface area contributed by atoms with Crippen molar-refractivity contribution in [1.82, 2.24) is 0 Å². The van der Waals surface area contributed by atoms with Crippen molar-refractivity contribution in [3.8, 4) is 0 Å². The SMILES string of the molecule is C1CCCC1.C1CCCC1.[CH2-]C.[CH3-].[Ru+2]. The van der Waals surface area contributed by atoms with Crippen LogP contribution in [0.25, 0.3) is 0 Å². The van der Waals surface area contributed by atoms with Crippen molar-refractivity contribution in [3.63, 3.8) is 0 Å². The van der Waals surface area contributed by atoms with Crippen LogP contribution in [-0.2, 0) is 19.5 Å². The molecule has 0 aromatic carbocycles. The first-order valence-corrected chi connectivity index (χ1v) is 5.71. The molecule has 0 aromatic heterocycles. The van der Waals surface area contributed by atoms with Crippen LogP contribution in [0.15, 0.2) is 0 Å². The van der Waals surface area contributed by atoms with E-state index in [0.29, 0.717) is 0 Å². The van der Waals surface area contributed by atoms with Crippen molar-refractivity contribution in [2.45, 2.75) is 71.1 Å². The van der Waals surface area contributed by atoms with Gasteiger partial charge in [0.1, 0.15) is 0 Å². The second kappa shape index (κ2) is 19.2. The minimum atomic E-state index is 0. The topological polar surface area (TPSA) is 0 Å². The summed E-state index contributed by atoms with van der Waals surface area (Å²) >= 11 is 0. The first-order chi connectivity index (χ1) is 6.00. The predicted octanol–water partition coefficient (Wildman–Crippen LogP) is 5.19. The first kappa shape index (κ1) is 20.1. The third-order valence-electron chi connectivity index (χ3n) is 2.50. The van der Waals surface area contributed by atoms with Gasteiger partial charge in [0.15, 0.2) is 0 Å². The fourth-order valence-electron chi connectivity index (χ4n) is 1.77. The van der Waals surface area contributed by atoms with Gasteiger partial charge >= 0.3 is 19.5 Å². The van der Waals surface area contributed by atoms with Crippen LogP contribution in [0.5, 0.6) is 0 Å². The molecule has 0 heterocycles. The zero-order valence-electron chi connectivity index (χ0n) is 10.1. The van der Waals surface area contributed by atoms with E-state index in [-0.39, 0.29) is 26.9 Å². The van der Waals surface area contributed by atoms with Gasteiger partial charge in [-0.1, -0.05) is 64.2 Å². The maximum atomic E-state index is 3.25. The molecule has 0 radical (unpaired) electrons. The van der Waals surface area contributed by atoms with E-state index < -0.39 is 0 Å². The Morgan fingerprint density at radius 1 is 0.500 bits per heavy atom. The molecule has 2 aliphatic rings. The van der Waals surface area contributed by atoms with Crippen molar-refractivity contribution in [3.05, 3.63) is 14.4 Å². The first-order valence-electron chi connectivity index (χ1n) is 5.71. The van der Waals surface area contributed by atoms with E-state index in [2.05, 4.69) is 6.92 Å². The molecule has 0 atom stereocenters. The van der Waals surface area contributed by atoms with Gasteiger partial charge in [-0.25, -0.2) is 0 Å². The Morgan fingerprint density at radius 2 is 0.571 bits per heavy atom. The smallest absolute Gasteiger partial charge is 0.358 e. The maximum Gasteiger partial charge on any atom is 2.00 e. The molecular weight excluding hydrogens is 257 g/mol. The molecule has 0 amide bonds. The van der Waals surface area contributed by atoms with E-state index in [4.69, 9.17) is 0 Å². The van der Waals surface area contributed by atoms with Crippen LogP contribution >= 0.6 is 0 Å². The Bertz CT molecular complexity index is 38.4. The van der Waals surface area contributed by atoms with Gasteiger partial charge in [-0.2, -0.15) is 6.92 Å². The summed E-state index contributed by atoms with van der Waals surface area (Å²) in [6, 6.07) is 0. The zero-order valence-corrected chi connectivity index (χ0v) is 11.9. The van der Waals surface area contributed by atoms with E-state index in [1.807, 2.05) is 0 Å². The number of rotatable bonds is 0. The molecule has 2 aliphatic carbocycles. The minimum Gasteiger partial charge on any atom is -0.358 e. The van der Waals surface area contributed by atoms with Gasteiger partial charge in [0.25, 0.3) is 0 Å². The van der Waals surface area contributed by atoms with Crippen LogP contribution in [0.1, 0.15) is 71.1 Å². The van der Waals surface area contributed by atoms with E-state index in [1.54, 1.807) is 6.92 Å². The fourth-order valence-corrected chi connectivity index (χ4v) is 1.77. The van der Waals surface area contributed by atoms with Crippen molar-refractivity contribution in [2.24, 2.45) is 0 Å². The molecule has 0 aromatic rings. The van der Waals surface area contributed by atoms with E-state index in [9.17, 15) is 0 Å². The standard InChI is InChI=1S/2C5H10.C2H5.CH3.Ru/c2*1-2-4-5-3-1;1-2;;/h2*1-5H2;1H2,2H3;1H3;/q;;2*-1;+2. The van der Waals surface area contributed by atoms with Crippen LogP contribution < -0.4 is 0 Å². The van der Waals surface area contributed by atoms with Gasteiger partial charge in [-0.3, -0.25) is 0 Å². The summed E-state index contributed by atoms with van der Waals surface area (Å²) in [5, 5.41) is 0. The Kier molecular flexibility index (Phi) is 27.6. The van der Waals surface area contributed by atoms with E-state index in [1.165, 1.54) is 64.2 Å². The van der Waals surface area contributed by atoms with Gasteiger partial charge in [0.2, 0.25) is 0 Å². The van der Waals surface area contributed by atoms with Crippen LogP contribution in [0, 0.1) is 14.4 Å². The Labute approximate surface area is 105 Å². The Hall–Kier alpha value is 0.623. The molecule has 1 heteroatoms. The largest absolute Gasteiger partial charge is 2.00 e. The third kappa shape index (κ3) is 15.1.